The minimum atomic E-state index is -0.304. The van der Waals surface area contributed by atoms with Crippen molar-refractivity contribution in [2.24, 2.45) is 5.41 Å². The summed E-state index contributed by atoms with van der Waals surface area (Å²) < 4.78 is 0. The van der Waals surface area contributed by atoms with E-state index in [4.69, 9.17) is 0 Å². The van der Waals surface area contributed by atoms with Crippen LogP contribution in [0, 0.1) is 29.4 Å². The van der Waals surface area contributed by atoms with E-state index in [9.17, 15) is 10.1 Å². The third-order valence-corrected chi connectivity index (χ3v) is 3.92. The van der Waals surface area contributed by atoms with Gasteiger partial charge in [0.1, 0.15) is 0 Å². The van der Waals surface area contributed by atoms with E-state index in [1.165, 1.54) is 0 Å². The molecule has 0 bridgehead atoms. The molecule has 0 aliphatic carbocycles. The summed E-state index contributed by atoms with van der Waals surface area (Å²) in [5.41, 5.74) is 2.51. The van der Waals surface area contributed by atoms with E-state index in [0.717, 1.165) is 25.1 Å². The van der Waals surface area contributed by atoms with Crippen LogP contribution >= 0.6 is 0 Å². The van der Waals surface area contributed by atoms with E-state index in [-0.39, 0.29) is 16.0 Å². The van der Waals surface area contributed by atoms with Gasteiger partial charge in [-0.15, -0.1) is 0 Å². The molecule has 0 saturated heterocycles. The molecule has 5 heteroatoms. The molecule has 1 aromatic heterocycles. The van der Waals surface area contributed by atoms with Crippen LogP contribution in [0.2, 0.25) is 0 Å². The third kappa shape index (κ3) is 4.49. The molecule has 118 valence electrons. The molecule has 1 unspecified atom stereocenters. The Balaban J connectivity index is 2.93. The standard InChI is InChI=1S/C16H27N3O2/c1-7-17-14(16(4,5)6)9-8-13-12(3)15(19(20)21)11(2)10-18-13/h10,14,17H,7-9H2,1-6H3. The highest BCUT2D eigenvalue weighted by Gasteiger charge is 2.25. The lowest BCUT2D eigenvalue weighted by Gasteiger charge is -2.31. The van der Waals surface area contributed by atoms with Crippen molar-refractivity contribution >= 4 is 5.69 Å². The molecule has 0 saturated carbocycles. The molecule has 0 amide bonds. The molecule has 0 radical (unpaired) electrons. The average molecular weight is 293 g/mol. The van der Waals surface area contributed by atoms with Gasteiger partial charge in [0.05, 0.1) is 10.6 Å². The first kappa shape index (κ1) is 17.6. The Bertz CT molecular complexity index is 507. The molecular formula is C16H27N3O2. The number of nitrogens with one attached hydrogen (secondary N) is 1. The van der Waals surface area contributed by atoms with E-state index in [0.29, 0.717) is 17.2 Å². The first-order valence-corrected chi connectivity index (χ1v) is 7.51. The van der Waals surface area contributed by atoms with Crippen LogP contribution in [-0.2, 0) is 6.42 Å². The van der Waals surface area contributed by atoms with E-state index in [1.807, 2.05) is 0 Å². The highest BCUT2D eigenvalue weighted by Crippen LogP contribution is 2.27. The topological polar surface area (TPSA) is 68.1 Å². The quantitative estimate of drug-likeness (QED) is 0.643. The van der Waals surface area contributed by atoms with Crippen molar-refractivity contribution in [2.45, 2.75) is 60.4 Å². The number of nitrogens with zero attached hydrogens (tertiary/aromatic N) is 2. The number of pyridine rings is 1. The van der Waals surface area contributed by atoms with Crippen molar-refractivity contribution in [3.05, 3.63) is 33.1 Å². The molecule has 0 aliphatic rings. The molecule has 1 heterocycles. The molecule has 0 spiro atoms. The van der Waals surface area contributed by atoms with Crippen LogP contribution in [-0.4, -0.2) is 22.5 Å². The number of hydrogen-bond acceptors (Lipinski definition) is 4. The highest BCUT2D eigenvalue weighted by atomic mass is 16.6. The molecule has 1 aromatic rings. The van der Waals surface area contributed by atoms with Crippen molar-refractivity contribution in [3.63, 3.8) is 0 Å². The van der Waals surface area contributed by atoms with Crippen LogP contribution in [0.25, 0.3) is 0 Å². The number of nitro groups is 1. The van der Waals surface area contributed by atoms with Crippen LogP contribution in [0.5, 0.6) is 0 Å². The number of aryl methyl sites for hydroxylation is 2. The van der Waals surface area contributed by atoms with Crippen molar-refractivity contribution < 1.29 is 4.92 Å². The van der Waals surface area contributed by atoms with Gasteiger partial charge in [-0.3, -0.25) is 15.1 Å². The van der Waals surface area contributed by atoms with Gasteiger partial charge in [0.25, 0.3) is 5.69 Å². The molecule has 1 atom stereocenters. The Morgan fingerprint density at radius 2 is 2.00 bits per heavy atom. The van der Waals surface area contributed by atoms with Crippen molar-refractivity contribution in [2.75, 3.05) is 6.54 Å². The largest absolute Gasteiger partial charge is 0.314 e. The number of aromatic nitrogens is 1. The normalized spacial score (nSPS) is 13.2. The molecular weight excluding hydrogens is 266 g/mol. The maximum absolute atomic E-state index is 11.2. The zero-order valence-electron chi connectivity index (χ0n) is 14.0. The Hall–Kier alpha value is -1.49. The van der Waals surface area contributed by atoms with Crippen LogP contribution in [0.15, 0.2) is 6.20 Å². The maximum atomic E-state index is 11.2. The van der Waals surface area contributed by atoms with E-state index >= 15 is 0 Å². The van der Waals surface area contributed by atoms with E-state index < -0.39 is 0 Å². The zero-order chi connectivity index (χ0) is 16.2. The molecule has 1 N–H and O–H groups in total. The van der Waals surface area contributed by atoms with E-state index in [1.54, 1.807) is 20.0 Å². The van der Waals surface area contributed by atoms with Gasteiger partial charge in [-0.1, -0.05) is 27.7 Å². The summed E-state index contributed by atoms with van der Waals surface area (Å²) in [6.45, 7) is 13.2. The smallest absolute Gasteiger partial charge is 0.278 e. The van der Waals surface area contributed by atoms with Gasteiger partial charge >= 0.3 is 0 Å². The molecule has 0 aromatic carbocycles. The second kappa shape index (κ2) is 6.98. The Kier molecular flexibility index (Phi) is 5.84. The van der Waals surface area contributed by atoms with Gasteiger partial charge < -0.3 is 5.32 Å². The van der Waals surface area contributed by atoms with Gasteiger partial charge in [-0.25, -0.2) is 0 Å². The third-order valence-electron chi connectivity index (χ3n) is 3.92. The van der Waals surface area contributed by atoms with Gasteiger partial charge in [0.2, 0.25) is 0 Å². The van der Waals surface area contributed by atoms with Crippen LogP contribution < -0.4 is 5.32 Å². The maximum Gasteiger partial charge on any atom is 0.278 e. The van der Waals surface area contributed by atoms with Gasteiger partial charge in [-0.05, 0) is 38.6 Å². The summed E-state index contributed by atoms with van der Waals surface area (Å²) in [6, 6.07) is 0.365. The first-order chi connectivity index (χ1) is 9.68. The number of rotatable bonds is 6. The minimum absolute atomic E-state index is 0.153. The molecule has 5 nitrogen and oxygen atoms in total. The number of hydrogen-bond donors (Lipinski definition) is 1. The average Bonchev–Trinajstić information content (AvgIpc) is 2.34. The summed E-state index contributed by atoms with van der Waals surface area (Å²) in [5, 5.41) is 14.7. The lowest BCUT2D eigenvalue weighted by atomic mass is 9.83. The highest BCUT2D eigenvalue weighted by molar-refractivity contribution is 5.47. The lowest BCUT2D eigenvalue weighted by Crippen LogP contribution is -2.40. The van der Waals surface area contributed by atoms with Crippen molar-refractivity contribution in [3.8, 4) is 0 Å². The van der Waals surface area contributed by atoms with Gasteiger partial charge in [-0.2, -0.15) is 0 Å². The zero-order valence-corrected chi connectivity index (χ0v) is 14.0. The summed E-state index contributed by atoms with van der Waals surface area (Å²) in [4.78, 5) is 15.3. The SMILES string of the molecule is CCNC(CCc1ncc(C)c([N+](=O)[O-])c1C)C(C)(C)C. The lowest BCUT2D eigenvalue weighted by molar-refractivity contribution is -0.386. The fourth-order valence-electron chi connectivity index (χ4n) is 2.67. The molecule has 0 aliphatic heterocycles. The predicted octanol–water partition coefficient (Wildman–Crippen LogP) is 3.56. The fraction of sp³-hybridized carbons (Fsp3) is 0.688. The summed E-state index contributed by atoms with van der Waals surface area (Å²) >= 11 is 0. The van der Waals surface area contributed by atoms with E-state index in [2.05, 4.69) is 38.0 Å². The van der Waals surface area contributed by atoms with Crippen LogP contribution in [0.1, 0.15) is 50.9 Å². The van der Waals surface area contributed by atoms with Crippen LogP contribution in [0.3, 0.4) is 0 Å². The molecule has 0 fully saturated rings. The van der Waals surface area contributed by atoms with Crippen LogP contribution in [0.4, 0.5) is 5.69 Å². The summed E-state index contributed by atoms with van der Waals surface area (Å²) in [5.74, 6) is 0. The molecule has 21 heavy (non-hydrogen) atoms. The monoisotopic (exact) mass is 293 g/mol. The van der Waals surface area contributed by atoms with Crippen molar-refractivity contribution in [1.29, 1.82) is 0 Å². The van der Waals surface area contributed by atoms with Gasteiger partial charge in [0, 0.05) is 23.4 Å². The first-order valence-electron chi connectivity index (χ1n) is 7.51. The van der Waals surface area contributed by atoms with Crippen molar-refractivity contribution in [1.82, 2.24) is 10.3 Å². The fourth-order valence-corrected chi connectivity index (χ4v) is 2.67. The Labute approximate surface area is 127 Å². The second-order valence-electron chi connectivity index (χ2n) is 6.63. The van der Waals surface area contributed by atoms with Gasteiger partial charge in [0.15, 0.2) is 0 Å². The Morgan fingerprint density at radius 1 is 1.38 bits per heavy atom. The second-order valence-corrected chi connectivity index (χ2v) is 6.63. The summed E-state index contributed by atoms with van der Waals surface area (Å²) in [6.07, 6.45) is 3.28. The summed E-state index contributed by atoms with van der Waals surface area (Å²) in [7, 11) is 0. The predicted molar refractivity (Wildman–Crippen MR) is 85.6 cm³/mol. The Morgan fingerprint density at radius 3 is 2.48 bits per heavy atom. The minimum Gasteiger partial charge on any atom is -0.314 e. The molecule has 1 rings (SSSR count).